The average molecular weight is 244 g/mol. The molecular weight excluding hydrogens is 231 g/mol. The van der Waals surface area contributed by atoms with Crippen molar-refractivity contribution in [2.45, 2.75) is 0 Å². The van der Waals surface area contributed by atoms with Crippen LogP contribution in [0.2, 0.25) is 0 Å². The summed E-state index contributed by atoms with van der Waals surface area (Å²) in [5, 5.41) is 18.0. The molecule has 0 radical (unpaired) electrons. The fourth-order valence-electron chi connectivity index (χ4n) is 1.13. The second-order valence-corrected chi connectivity index (χ2v) is 5.65. The molecule has 0 aliphatic heterocycles. The highest BCUT2D eigenvalue weighted by molar-refractivity contribution is 7.90. The molecule has 1 aromatic rings. The first-order valence-electron chi connectivity index (χ1n) is 4.66. The zero-order valence-corrected chi connectivity index (χ0v) is 9.64. The maximum Gasteiger partial charge on any atom is 0.492 e. The summed E-state index contributed by atoms with van der Waals surface area (Å²) >= 11 is 0. The summed E-state index contributed by atoms with van der Waals surface area (Å²) in [7, 11) is -4.71. The second-order valence-electron chi connectivity index (χ2n) is 3.39. The van der Waals surface area contributed by atoms with E-state index in [1.54, 1.807) is 18.2 Å². The van der Waals surface area contributed by atoms with Gasteiger partial charge in [0, 0.05) is 11.7 Å². The van der Waals surface area contributed by atoms with Crippen LogP contribution in [0.15, 0.2) is 24.3 Å². The highest BCUT2D eigenvalue weighted by atomic mass is 32.2. The van der Waals surface area contributed by atoms with E-state index in [9.17, 15) is 8.42 Å². The molecule has 16 heavy (non-hydrogen) atoms. The third-order valence-corrected chi connectivity index (χ3v) is 2.82. The van der Waals surface area contributed by atoms with Gasteiger partial charge in [0.05, 0.1) is 5.75 Å². The Bertz CT molecular complexity index is 443. The summed E-state index contributed by atoms with van der Waals surface area (Å²) in [4.78, 5) is 0. The molecule has 0 heterocycles. The molecule has 0 fully saturated rings. The van der Waals surface area contributed by atoms with Crippen LogP contribution in [0, 0.1) is 0 Å². The van der Waals surface area contributed by atoms with Gasteiger partial charge in [-0.1, -0.05) is 18.2 Å². The standard InChI is InChI=1S/C9H13BO5S/c1-16(13,14)7-6-15-9-5-3-2-4-8(9)10(11)12/h2-5,11-12H,6-7H2,1H3. The van der Waals surface area contributed by atoms with Crippen molar-refractivity contribution < 1.29 is 23.2 Å². The number of ether oxygens (including phenoxy) is 1. The van der Waals surface area contributed by atoms with E-state index in [0.29, 0.717) is 0 Å². The van der Waals surface area contributed by atoms with Gasteiger partial charge in [-0.2, -0.15) is 0 Å². The molecule has 0 amide bonds. The van der Waals surface area contributed by atoms with Crippen LogP contribution < -0.4 is 10.2 Å². The molecule has 0 aliphatic carbocycles. The van der Waals surface area contributed by atoms with Crippen molar-refractivity contribution in [1.82, 2.24) is 0 Å². The van der Waals surface area contributed by atoms with Gasteiger partial charge in [-0.25, -0.2) is 8.42 Å². The second kappa shape index (κ2) is 5.33. The third-order valence-electron chi connectivity index (χ3n) is 1.91. The van der Waals surface area contributed by atoms with Crippen molar-refractivity contribution in [3.8, 4) is 5.75 Å². The van der Waals surface area contributed by atoms with Crippen LogP contribution in [-0.4, -0.2) is 44.2 Å². The van der Waals surface area contributed by atoms with Crippen LogP contribution in [0.4, 0.5) is 0 Å². The lowest BCUT2D eigenvalue weighted by Crippen LogP contribution is -2.31. The van der Waals surface area contributed by atoms with Crippen LogP contribution in [0.3, 0.4) is 0 Å². The molecule has 0 unspecified atom stereocenters. The van der Waals surface area contributed by atoms with Crippen LogP contribution in [0.1, 0.15) is 0 Å². The summed E-state index contributed by atoms with van der Waals surface area (Å²) in [5.41, 5.74) is 0.219. The minimum absolute atomic E-state index is 0.0113. The average Bonchev–Trinajstić information content (AvgIpc) is 2.16. The van der Waals surface area contributed by atoms with Crippen LogP contribution in [0.25, 0.3) is 0 Å². The Morgan fingerprint density at radius 3 is 2.50 bits per heavy atom. The third kappa shape index (κ3) is 4.22. The Kier molecular flexibility index (Phi) is 4.34. The monoisotopic (exact) mass is 244 g/mol. The van der Waals surface area contributed by atoms with E-state index in [1.165, 1.54) is 6.07 Å². The van der Waals surface area contributed by atoms with Crippen molar-refractivity contribution >= 4 is 22.4 Å². The Balaban J connectivity index is 2.67. The summed E-state index contributed by atoms with van der Waals surface area (Å²) in [6.45, 7) is -0.0113. The van der Waals surface area contributed by atoms with Gasteiger partial charge in [-0.05, 0) is 6.07 Å². The highest BCUT2D eigenvalue weighted by Crippen LogP contribution is 2.06. The van der Waals surface area contributed by atoms with Gasteiger partial charge in [0.1, 0.15) is 12.4 Å². The lowest BCUT2D eigenvalue weighted by molar-refractivity contribution is 0.341. The number of hydrogen-bond acceptors (Lipinski definition) is 5. The minimum atomic E-state index is -3.08. The van der Waals surface area contributed by atoms with Crippen LogP contribution >= 0.6 is 0 Å². The van der Waals surface area contributed by atoms with Gasteiger partial charge >= 0.3 is 7.12 Å². The van der Waals surface area contributed by atoms with E-state index in [2.05, 4.69) is 0 Å². The Hall–Kier alpha value is -1.05. The van der Waals surface area contributed by atoms with Gasteiger partial charge in [0.2, 0.25) is 0 Å². The maximum atomic E-state index is 10.9. The molecule has 0 spiro atoms. The summed E-state index contributed by atoms with van der Waals surface area (Å²) < 4.78 is 26.9. The first-order valence-corrected chi connectivity index (χ1v) is 6.72. The molecule has 7 heteroatoms. The summed E-state index contributed by atoms with van der Waals surface area (Å²) in [6, 6.07) is 6.36. The van der Waals surface area contributed by atoms with Crippen molar-refractivity contribution in [1.29, 1.82) is 0 Å². The molecule has 0 saturated heterocycles. The summed E-state index contributed by atoms with van der Waals surface area (Å²) in [5.74, 6) is 0.171. The molecule has 1 rings (SSSR count). The highest BCUT2D eigenvalue weighted by Gasteiger charge is 2.16. The van der Waals surface area contributed by atoms with Crippen molar-refractivity contribution in [3.05, 3.63) is 24.3 Å². The maximum absolute atomic E-state index is 10.9. The van der Waals surface area contributed by atoms with Crippen molar-refractivity contribution in [2.75, 3.05) is 18.6 Å². The van der Waals surface area contributed by atoms with Crippen LogP contribution in [-0.2, 0) is 9.84 Å². The SMILES string of the molecule is CS(=O)(=O)CCOc1ccccc1B(O)O. The zero-order valence-electron chi connectivity index (χ0n) is 8.83. The molecule has 88 valence electrons. The molecule has 0 aliphatic rings. The van der Waals surface area contributed by atoms with Crippen LogP contribution in [0.5, 0.6) is 5.75 Å². The summed E-state index contributed by atoms with van der Waals surface area (Å²) in [6.07, 6.45) is 1.11. The van der Waals surface area contributed by atoms with Gasteiger partial charge in [0.15, 0.2) is 9.84 Å². The predicted molar refractivity (Wildman–Crippen MR) is 61.5 cm³/mol. The molecule has 0 atom stereocenters. The first-order chi connectivity index (χ1) is 7.40. The van der Waals surface area contributed by atoms with E-state index in [1.807, 2.05) is 0 Å². The number of hydrogen-bond donors (Lipinski definition) is 2. The number of rotatable bonds is 5. The quantitative estimate of drug-likeness (QED) is 0.635. The largest absolute Gasteiger partial charge is 0.493 e. The topological polar surface area (TPSA) is 83.8 Å². The fraction of sp³-hybridized carbons (Fsp3) is 0.333. The van der Waals surface area contributed by atoms with E-state index in [4.69, 9.17) is 14.8 Å². The number of benzene rings is 1. The molecule has 2 N–H and O–H groups in total. The minimum Gasteiger partial charge on any atom is -0.493 e. The lowest BCUT2D eigenvalue weighted by Gasteiger charge is -2.10. The Morgan fingerprint density at radius 2 is 1.94 bits per heavy atom. The predicted octanol–water partition coefficient (Wildman–Crippen LogP) is -1.21. The molecular formula is C9H13BO5S. The Morgan fingerprint density at radius 1 is 1.31 bits per heavy atom. The van der Waals surface area contributed by atoms with Gasteiger partial charge < -0.3 is 14.8 Å². The van der Waals surface area contributed by atoms with E-state index in [0.717, 1.165) is 6.26 Å². The zero-order chi connectivity index (χ0) is 12.2. The number of para-hydroxylation sites is 1. The van der Waals surface area contributed by atoms with E-state index < -0.39 is 17.0 Å². The molecule has 0 aromatic heterocycles. The molecule has 0 bridgehead atoms. The van der Waals surface area contributed by atoms with Gasteiger partial charge in [-0.3, -0.25) is 0 Å². The van der Waals surface area contributed by atoms with E-state index in [-0.39, 0.29) is 23.6 Å². The van der Waals surface area contributed by atoms with Crippen molar-refractivity contribution in [2.24, 2.45) is 0 Å². The Labute approximate surface area is 94.7 Å². The van der Waals surface area contributed by atoms with Crippen molar-refractivity contribution in [3.63, 3.8) is 0 Å². The lowest BCUT2D eigenvalue weighted by atomic mass is 9.80. The van der Waals surface area contributed by atoms with E-state index >= 15 is 0 Å². The molecule has 0 saturated carbocycles. The van der Waals surface area contributed by atoms with Gasteiger partial charge in [0.25, 0.3) is 0 Å². The fourth-order valence-corrected chi connectivity index (χ4v) is 1.51. The number of sulfone groups is 1. The van der Waals surface area contributed by atoms with Gasteiger partial charge in [-0.15, -0.1) is 0 Å². The normalized spacial score (nSPS) is 11.2. The first kappa shape index (κ1) is 13.0. The smallest absolute Gasteiger partial charge is 0.492 e. The molecule has 5 nitrogen and oxygen atoms in total. The molecule has 1 aromatic carbocycles.